The summed E-state index contributed by atoms with van der Waals surface area (Å²) >= 11 is 0. The minimum atomic E-state index is -3.46. The summed E-state index contributed by atoms with van der Waals surface area (Å²) in [6.07, 6.45) is 0.807. The molecule has 3 aromatic rings. The summed E-state index contributed by atoms with van der Waals surface area (Å²) in [6.45, 7) is 3.27. The molecule has 3 aromatic carbocycles. The fourth-order valence-corrected chi connectivity index (χ4v) is 5.79. The predicted molar refractivity (Wildman–Crippen MR) is 117 cm³/mol. The van der Waals surface area contributed by atoms with E-state index < -0.39 is 8.80 Å². The molecule has 2 unspecified atom stereocenters. The maximum atomic E-state index is 6.54. The molecule has 30 heavy (non-hydrogen) atoms. The minimum absolute atomic E-state index is 0.135. The van der Waals surface area contributed by atoms with E-state index in [0.29, 0.717) is 30.3 Å². The Balaban J connectivity index is 1.72. The number of ether oxygens (including phenoxy) is 2. The first-order valence-corrected chi connectivity index (χ1v) is 12.0. The molecular weight excluding hydrogens is 396 g/mol. The van der Waals surface area contributed by atoms with Crippen molar-refractivity contribution in [2.75, 3.05) is 13.2 Å². The monoisotopic (exact) mass is 422 g/mol. The van der Waals surface area contributed by atoms with Crippen LogP contribution in [0, 0.1) is 0 Å². The van der Waals surface area contributed by atoms with E-state index in [4.69, 9.17) is 22.8 Å². The lowest BCUT2D eigenvalue weighted by atomic mass is 10.3. The van der Waals surface area contributed by atoms with Crippen LogP contribution in [-0.2, 0) is 9.47 Å². The average Bonchev–Trinajstić information content (AvgIpc) is 3.61. The molecule has 1 aliphatic heterocycles. The summed E-state index contributed by atoms with van der Waals surface area (Å²) in [5, 5.41) is 0. The van der Waals surface area contributed by atoms with Crippen LogP contribution in [0.3, 0.4) is 0 Å². The lowest BCUT2D eigenvalue weighted by molar-refractivity contribution is 0.0424. The van der Waals surface area contributed by atoms with E-state index >= 15 is 0 Å². The molecule has 1 heterocycles. The van der Waals surface area contributed by atoms with Gasteiger partial charge in [-0.3, -0.25) is 0 Å². The lowest BCUT2D eigenvalue weighted by Gasteiger charge is -2.35. The van der Waals surface area contributed by atoms with Gasteiger partial charge in [0.25, 0.3) is 0 Å². The predicted octanol–water partition coefficient (Wildman–Crippen LogP) is 4.90. The second kappa shape index (κ2) is 9.80. The summed E-state index contributed by atoms with van der Waals surface area (Å²) in [6, 6.07) is 28.8. The van der Waals surface area contributed by atoms with E-state index in [1.807, 2.05) is 91.0 Å². The molecular formula is C24H26O5Si. The molecule has 0 amide bonds. The maximum Gasteiger partial charge on any atom is 0.730 e. The molecule has 0 N–H and O–H groups in total. The quantitative estimate of drug-likeness (QED) is 0.325. The number of hydrogen-bond donors (Lipinski definition) is 0. The highest BCUT2D eigenvalue weighted by Crippen LogP contribution is 2.29. The van der Waals surface area contributed by atoms with Gasteiger partial charge in [0.05, 0.1) is 13.2 Å². The van der Waals surface area contributed by atoms with Crippen LogP contribution in [-0.4, -0.2) is 33.8 Å². The SMILES string of the molecule is CCC(OCC1CO1)[Si](Oc1ccccc1)(Oc1ccccc1)Oc1ccccc1. The molecule has 0 bridgehead atoms. The van der Waals surface area contributed by atoms with Crippen LogP contribution in [0.15, 0.2) is 91.0 Å². The van der Waals surface area contributed by atoms with Crippen molar-refractivity contribution >= 4 is 8.80 Å². The summed E-state index contributed by atoms with van der Waals surface area (Å²) in [7, 11) is -3.46. The molecule has 5 nitrogen and oxygen atoms in total. The second-order valence-electron chi connectivity index (χ2n) is 7.03. The highest BCUT2D eigenvalue weighted by atomic mass is 28.4. The zero-order valence-electron chi connectivity index (χ0n) is 17.0. The summed E-state index contributed by atoms with van der Waals surface area (Å²) in [5.41, 5.74) is -0.373. The molecule has 0 saturated carbocycles. The minimum Gasteiger partial charge on any atom is -0.482 e. The van der Waals surface area contributed by atoms with E-state index in [2.05, 4.69) is 6.92 Å². The van der Waals surface area contributed by atoms with Crippen LogP contribution >= 0.6 is 0 Å². The van der Waals surface area contributed by atoms with Crippen molar-refractivity contribution in [3.05, 3.63) is 91.0 Å². The molecule has 0 aromatic heterocycles. The van der Waals surface area contributed by atoms with Crippen molar-refractivity contribution in [2.24, 2.45) is 0 Å². The smallest absolute Gasteiger partial charge is 0.482 e. The first-order chi connectivity index (χ1) is 14.8. The summed E-state index contributed by atoms with van der Waals surface area (Å²) in [4.78, 5) is 0. The Morgan fingerprint density at radius 3 is 1.50 bits per heavy atom. The van der Waals surface area contributed by atoms with Crippen LogP contribution in [0.1, 0.15) is 13.3 Å². The molecule has 2 atom stereocenters. The number of benzene rings is 3. The number of epoxide rings is 1. The van der Waals surface area contributed by atoms with Gasteiger partial charge in [0.1, 0.15) is 23.4 Å². The molecule has 4 rings (SSSR count). The Hall–Kier alpha value is -2.80. The van der Waals surface area contributed by atoms with Crippen molar-refractivity contribution in [3.63, 3.8) is 0 Å². The number of para-hydroxylation sites is 3. The van der Waals surface area contributed by atoms with Gasteiger partial charge in [-0.2, -0.15) is 0 Å². The van der Waals surface area contributed by atoms with Crippen LogP contribution in [0.5, 0.6) is 17.2 Å². The van der Waals surface area contributed by atoms with E-state index in [1.165, 1.54) is 0 Å². The normalized spacial score (nSPS) is 16.5. The third-order valence-corrected chi connectivity index (χ3v) is 7.58. The maximum absolute atomic E-state index is 6.54. The topological polar surface area (TPSA) is 49.5 Å². The van der Waals surface area contributed by atoms with Gasteiger partial charge in [-0.15, -0.1) is 0 Å². The average molecular weight is 423 g/mol. The third-order valence-electron chi connectivity index (χ3n) is 4.66. The fourth-order valence-electron chi connectivity index (χ4n) is 3.08. The van der Waals surface area contributed by atoms with Crippen molar-refractivity contribution in [3.8, 4) is 17.2 Å². The molecule has 1 fully saturated rings. The summed E-state index contributed by atoms with van der Waals surface area (Å²) < 4.78 is 31.2. The Kier molecular flexibility index (Phi) is 6.69. The fraction of sp³-hybridized carbons (Fsp3) is 0.250. The van der Waals surface area contributed by atoms with Crippen LogP contribution in [0.4, 0.5) is 0 Å². The van der Waals surface area contributed by atoms with Gasteiger partial charge >= 0.3 is 8.80 Å². The van der Waals surface area contributed by atoms with Gasteiger partial charge in [-0.05, 0) is 42.8 Å². The van der Waals surface area contributed by atoms with Crippen LogP contribution in [0.25, 0.3) is 0 Å². The van der Waals surface area contributed by atoms with Gasteiger partial charge in [0.15, 0.2) is 5.73 Å². The van der Waals surface area contributed by atoms with Gasteiger partial charge < -0.3 is 22.8 Å². The summed E-state index contributed by atoms with van der Waals surface area (Å²) in [5.74, 6) is 2.04. The van der Waals surface area contributed by atoms with E-state index in [9.17, 15) is 0 Å². The zero-order valence-corrected chi connectivity index (χ0v) is 18.0. The van der Waals surface area contributed by atoms with E-state index in [-0.39, 0.29) is 11.8 Å². The Morgan fingerprint density at radius 2 is 1.17 bits per heavy atom. The molecule has 0 radical (unpaired) electrons. The molecule has 0 spiro atoms. The van der Waals surface area contributed by atoms with E-state index in [0.717, 1.165) is 6.61 Å². The standard InChI is InChI=1S/C24H26O5Si/c1-2-24(26-19-23-18-25-23)30(27-20-12-6-3-7-13-20,28-21-14-8-4-9-15-21)29-22-16-10-5-11-17-22/h3-17,23-24H,2,18-19H2,1H3. The van der Waals surface area contributed by atoms with Crippen molar-refractivity contribution in [1.82, 2.24) is 0 Å². The van der Waals surface area contributed by atoms with Crippen molar-refractivity contribution in [2.45, 2.75) is 25.2 Å². The van der Waals surface area contributed by atoms with Gasteiger partial charge in [-0.25, -0.2) is 0 Å². The zero-order chi connectivity index (χ0) is 20.7. The van der Waals surface area contributed by atoms with Crippen molar-refractivity contribution < 1.29 is 22.8 Å². The highest BCUT2D eigenvalue weighted by Gasteiger charge is 2.58. The van der Waals surface area contributed by atoms with Crippen LogP contribution in [0.2, 0.25) is 0 Å². The van der Waals surface area contributed by atoms with Gasteiger partial charge in [-0.1, -0.05) is 61.5 Å². The van der Waals surface area contributed by atoms with Gasteiger partial charge in [0.2, 0.25) is 0 Å². The first-order valence-electron chi connectivity index (χ1n) is 10.2. The molecule has 1 saturated heterocycles. The number of rotatable bonds is 11. The number of hydrogen-bond acceptors (Lipinski definition) is 5. The first kappa shape index (κ1) is 20.5. The largest absolute Gasteiger partial charge is 0.730 e. The molecule has 0 aliphatic carbocycles. The third kappa shape index (κ3) is 5.41. The lowest BCUT2D eigenvalue weighted by Crippen LogP contribution is -2.65. The molecule has 1 aliphatic rings. The molecule has 6 heteroatoms. The Labute approximate surface area is 178 Å². The highest BCUT2D eigenvalue weighted by molar-refractivity contribution is 6.64. The molecule has 156 valence electrons. The Morgan fingerprint density at radius 1 is 0.767 bits per heavy atom. The van der Waals surface area contributed by atoms with Gasteiger partial charge in [0, 0.05) is 0 Å². The van der Waals surface area contributed by atoms with Crippen molar-refractivity contribution in [1.29, 1.82) is 0 Å². The van der Waals surface area contributed by atoms with E-state index in [1.54, 1.807) is 0 Å². The van der Waals surface area contributed by atoms with Crippen LogP contribution < -0.4 is 13.3 Å². The Bertz CT molecular complexity index is 786. The second-order valence-corrected chi connectivity index (χ2v) is 9.50.